The third-order valence-corrected chi connectivity index (χ3v) is 5.06. The zero-order valence-electron chi connectivity index (χ0n) is 16.5. The molecular weight excluding hydrogens is 528 g/mol. The van der Waals surface area contributed by atoms with Crippen molar-refractivity contribution in [3.05, 3.63) is 92.4 Å². The van der Waals surface area contributed by atoms with E-state index in [1.807, 2.05) is 31.2 Å². The van der Waals surface area contributed by atoms with Crippen LogP contribution in [0.25, 0.3) is 0 Å². The summed E-state index contributed by atoms with van der Waals surface area (Å²) in [6, 6.07) is 19.3. The van der Waals surface area contributed by atoms with E-state index >= 15 is 0 Å². The van der Waals surface area contributed by atoms with Crippen LogP contribution in [-0.2, 0) is 4.79 Å². The predicted octanol–water partition coefficient (Wildman–Crippen LogP) is 5.27. The molecule has 8 heteroatoms. The molecule has 0 fully saturated rings. The second-order valence-corrected chi connectivity index (χ2v) is 8.30. The zero-order chi connectivity index (χ0) is 22.2. The van der Waals surface area contributed by atoms with Crippen molar-refractivity contribution >= 4 is 50.0 Å². The number of benzene rings is 3. The Kier molecular flexibility index (Phi) is 7.97. The number of hydrazone groups is 1. The molecule has 3 aromatic carbocycles. The van der Waals surface area contributed by atoms with Gasteiger partial charge in [-0.2, -0.15) is 5.10 Å². The van der Waals surface area contributed by atoms with Gasteiger partial charge < -0.3 is 9.47 Å². The van der Waals surface area contributed by atoms with Crippen LogP contribution in [-0.4, -0.2) is 24.7 Å². The molecule has 1 amide bonds. The molecule has 0 aliphatic carbocycles. The zero-order valence-corrected chi connectivity index (χ0v) is 19.6. The lowest BCUT2D eigenvalue weighted by molar-refractivity contribution is -0.123. The van der Waals surface area contributed by atoms with Gasteiger partial charge in [-0.1, -0.05) is 49.6 Å². The average molecular weight is 546 g/mol. The van der Waals surface area contributed by atoms with Crippen molar-refractivity contribution in [2.75, 3.05) is 6.61 Å². The van der Waals surface area contributed by atoms with Crippen LogP contribution in [0.5, 0.6) is 11.5 Å². The molecule has 0 aliphatic rings. The minimum absolute atomic E-state index is 0.188. The van der Waals surface area contributed by atoms with Gasteiger partial charge in [0, 0.05) is 14.5 Å². The van der Waals surface area contributed by atoms with Crippen LogP contribution in [0, 0.1) is 6.92 Å². The van der Waals surface area contributed by atoms with Gasteiger partial charge in [0.05, 0.1) is 11.8 Å². The summed E-state index contributed by atoms with van der Waals surface area (Å²) < 4.78 is 12.6. The number of hydrogen-bond donors (Lipinski definition) is 1. The second kappa shape index (κ2) is 10.9. The van der Waals surface area contributed by atoms with Gasteiger partial charge >= 0.3 is 5.97 Å². The fourth-order valence-corrected chi connectivity index (χ4v) is 3.09. The third-order valence-electron chi connectivity index (χ3n) is 4.04. The smallest absolute Gasteiger partial charge is 0.343 e. The van der Waals surface area contributed by atoms with Gasteiger partial charge in [0.15, 0.2) is 6.61 Å². The highest BCUT2D eigenvalue weighted by Gasteiger charge is 2.11. The maximum Gasteiger partial charge on any atom is 0.343 e. The Morgan fingerprint density at radius 1 is 0.968 bits per heavy atom. The number of carbonyl (C=O) groups is 2. The lowest BCUT2D eigenvalue weighted by Gasteiger charge is -2.08. The summed E-state index contributed by atoms with van der Waals surface area (Å²) >= 11 is 6.71. The summed E-state index contributed by atoms with van der Waals surface area (Å²) in [4.78, 5) is 24.4. The van der Waals surface area contributed by atoms with Gasteiger partial charge in [0.1, 0.15) is 11.5 Å². The Morgan fingerprint density at radius 2 is 1.65 bits per heavy atom. The monoisotopic (exact) mass is 544 g/mol. The van der Waals surface area contributed by atoms with Crippen LogP contribution in [0.2, 0.25) is 0 Å². The van der Waals surface area contributed by atoms with Crippen LogP contribution in [0.15, 0.2) is 80.8 Å². The number of aryl methyl sites for hydroxylation is 1. The third kappa shape index (κ3) is 7.04. The Labute approximate surface area is 196 Å². The molecule has 0 spiro atoms. The fraction of sp³-hybridized carbons (Fsp3) is 0.0870. The normalized spacial score (nSPS) is 10.7. The number of rotatable bonds is 7. The molecule has 31 heavy (non-hydrogen) atoms. The number of esters is 1. The van der Waals surface area contributed by atoms with Gasteiger partial charge in [-0.25, -0.2) is 10.2 Å². The molecule has 0 aromatic heterocycles. The number of ether oxygens (including phenoxy) is 2. The van der Waals surface area contributed by atoms with E-state index < -0.39 is 11.9 Å². The van der Waals surface area contributed by atoms with E-state index in [4.69, 9.17) is 9.47 Å². The molecule has 3 aromatic rings. The molecule has 158 valence electrons. The molecule has 0 heterocycles. The van der Waals surface area contributed by atoms with Crippen molar-refractivity contribution in [3.63, 3.8) is 0 Å². The minimum atomic E-state index is -0.482. The predicted molar refractivity (Wildman–Crippen MR) is 126 cm³/mol. The largest absolute Gasteiger partial charge is 0.484 e. The number of halogens is 2. The summed E-state index contributed by atoms with van der Waals surface area (Å²) in [6.45, 7) is 1.75. The maximum atomic E-state index is 12.4. The summed E-state index contributed by atoms with van der Waals surface area (Å²) in [7, 11) is 0. The first-order valence-electron chi connectivity index (χ1n) is 9.19. The molecule has 6 nitrogen and oxygen atoms in total. The van der Waals surface area contributed by atoms with Crippen LogP contribution in [0.1, 0.15) is 21.5 Å². The van der Waals surface area contributed by atoms with Crippen molar-refractivity contribution in [2.24, 2.45) is 5.10 Å². The molecule has 0 bridgehead atoms. The molecule has 0 saturated heterocycles. The van der Waals surface area contributed by atoms with E-state index in [1.165, 1.54) is 6.21 Å². The number of amides is 1. The van der Waals surface area contributed by atoms with E-state index in [-0.39, 0.29) is 6.61 Å². The van der Waals surface area contributed by atoms with E-state index in [9.17, 15) is 9.59 Å². The van der Waals surface area contributed by atoms with Crippen LogP contribution < -0.4 is 14.9 Å². The lowest BCUT2D eigenvalue weighted by atomic mass is 10.1. The molecule has 1 N–H and O–H groups in total. The summed E-state index contributed by atoms with van der Waals surface area (Å²) in [5.74, 6) is -0.0196. The first kappa shape index (κ1) is 22.7. The number of carbonyl (C=O) groups excluding carboxylic acids is 2. The Morgan fingerprint density at radius 3 is 2.35 bits per heavy atom. The topological polar surface area (TPSA) is 77.0 Å². The van der Waals surface area contributed by atoms with Crippen molar-refractivity contribution in [3.8, 4) is 11.5 Å². The molecule has 0 saturated carbocycles. The lowest BCUT2D eigenvalue weighted by Crippen LogP contribution is -2.24. The van der Waals surface area contributed by atoms with E-state index in [0.717, 1.165) is 14.5 Å². The summed E-state index contributed by atoms with van der Waals surface area (Å²) in [6.07, 6.45) is 1.40. The Hall–Kier alpha value is -2.97. The molecule has 0 unspecified atom stereocenters. The highest BCUT2D eigenvalue weighted by molar-refractivity contribution is 9.10. The second-order valence-electron chi connectivity index (χ2n) is 6.47. The highest BCUT2D eigenvalue weighted by atomic mass is 79.9. The highest BCUT2D eigenvalue weighted by Crippen LogP contribution is 2.23. The Bertz CT molecular complexity index is 1100. The van der Waals surface area contributed by atoms with E-state index in [0.29, 0.717) is 22.6 Å². The number of nitrogens with zero attached hydrogens (tertiary/aromatic N) is 1. The van der Waals surface area contributed by atoms with Crippen molar-refractivity contribution in [2.45, 2.75) is 6.92 Å². The Balaban J connectivity index is 1.61. The molecule has 0 atom stereocenters. The molecule has 0 radical (unpaired) electrons. The SMILES string of the molecule is Cc1ccc(C(=O)Oc2ccc(Br)cc2C=NNC(=O)COc2ccc(Br)cc2)cc1. The van der Waals surface area contributed by atoms with E-state index in [2.05, 4.69) is 42.4 Å². The quantitative estimate of drug-likeness (QED) is 0.190. The maximum absolute atomic E-state index is 12.4. The van der Waals surface area contributed by atoms with Crippen LogP contribution in [0.3, 0.4) is 0 Å². The van der Waals surface area contributed by atoms with Gasteiger partial charge in [-0.3, -0.25) is 4.79 Å². The van der Waals surface area contributed by atoms with Gasteiger partial charge in [0.2, 0.25) is 0 Å². The first-order valence-corrected chi connectivity index (χ1v) is 10.8. The number of hydrogen-bond acceptors (Lipinski definition) is 5. The van der Waals surface area contributed by atoms with E-state index in [1.54, 1.807) is 42.5 Å². The van der Waals surface area contributed by atoms with Crippen LogP contribution >= 0.6 is 31.9 Å². The van der Waals surface area contributed by atoms with Crippen molar-refractivity contribution < 1.29 is 19.1 Å². The van der Waals surface area contributed by atoms with Crippen molar-refractivity contribution in [1.29, 1.82) is 0 Å². The van der Waals surface area contributed by atoms with Gasteiger partial charge in [-0.15, -0.1) is 0 Å². The standard InChI is InChI=1S/C23H18Br2N2O4/c1-15-2-4-16(5-3-15)23(29)31-21-11-8-19(25)12-17(21)13-26-27-22(28)14-30-20-9-6-18(24)7-10-20/h2-13H,14H2,1H3,(H,27,28). The van der Waals surface area contributed by atoms with Gasteiger partial charge in [-0.05, 0) is 61.5 Å². The molecule has 3 rings (SSSR count). The summed E-state index contributed by atoms with van der Waals surface area (Å²) in [5, 5.41) is 3.94. The minimum Gasteiger partial charge on any atom is -0.484 e. The van der Waals surface area contributed by atoms with Crippen molar-refractivity contribution in [1.82, 2.24) is 5.43 Å². The average Bonchev–Trinajstić information content (AvgIpc) is 2.75. The first-order chi connectivity index (χ1) is 14.9. The number of nitrogens with one attached hydrogen (secondary N) is 1. The summed E-state index contributed by atoms with van der Waals surface area (Å²) in [5.41, 5.74) is 4.40. The fourth-order valence-electron chi connectivity index (χ4n) is 2.45. The molecule has 0 aliphatic heterocycles. The van der Waals surface area contributed by atoms with Gasteiger partial charge in [0.25, 0.3) is 5.91 Å². The molecular formula is C23H18Br2N2O4. The van der Waals surface area contributed by atoms with Crippen LogP contribution in [0.4, 0.5) is 0 Å².